The van der Waals surface area contributed by atoms with Crippen LogP contribution < -0.4 is 5.73 Å². The number of carbonyl (C=O) groups excluding carboxylic acids is 2. The minimum absolute atomic E-state index is 0.0145. The van der Waals surface area contributed by atoms with E-state index in [4.69, 9.17) is 10.5 Å². The highest BCUT2D eigenvalue weighted by molar-refractivity contribution is 5.92. The summed E-state index contributed by atoms with van der Waals surface area (Å²) in [4.78, 5) is 26.6. The van der Waals surface area contributed by atoms with E-state index in [-0.39, 0.29) is 31.0 Å². The molecule has 0 bridgehead atoms. The van der Waals surface area contributed by atoms with Gasteiger partial charge in [0.15, 0.2) is 0 Å². The molecule has 0 aromatic rings. The molecule has 2 N–H and O–H groups in total. The molecule has 2 amide bonds. The second-order valence-corrected chi connectivity index (χ2v) is 4.00. The monoisotopic (exact) mass is 243 g/mol. The van der Waals surface area contributed by atoms with Gasteiger partial charge < -0.3 is 20.3 Å². The summed E-state index contributed by atoms with van der Waals surface area (Å²) in [5.74, 6) is -0.0519. The quantitative estimate of drug-likeness (QED) is 0.652. The Labute approximate surface area is 102 Å². The van der Waals surface area contributed by atoms with Crippen LogP contribution in [0.3, 0.4) is 0 Å². The summed E-state index contributed by atoms with van der Waals surface area (Å²) in [6.07, 6.45) is -0.190. The van der Waals surface area contributed by atoms with Crippen molar-refractivity contribution in [2.24, 2.45) is 5.73 Å². The van der Waals surface area contributed by atoms with Gasteiger partial charge in [-0.2, -0.15) is 0 Å². The SMILES string of the molecule is CCOC(CN)CN1CC(=O)N(CC)CC1=O. The Hall–Kier alpha value is -1.14. The second-order valence-electron chi connectivity index (χ2n) is 4.00. The van der Waals surface area contributed by atoms with Gasteiger partial charge in [-0.05, 0) is 13.8 Å². The number of hydrogen-bond donors (Lipinski definition) is 1. The third-order valence-electron chi connectivity index (χ3n) is 2.83. The van der Waals surface area contributed by atoms with E-state index in [1.165, 1.54) is 4.90 Å². The lowest BCUT2D eigenvalue weighted by Crippen LogP contribution is -2.55. The van der Waals surface area contributed by atoms with Gasteiger partial charge in [-0.1, -0.05) is 0 Å². The number of hydrogen-bond acceptors (Lipinski definition) is 4. The van der Waals surface area contributed by atoms with Gasteiger partial charge in [-0.25, -0.2) is 0 Å². The highest BCUT2D eigenvalue weighted by Gasteiger charge is 2.30. The van der Waals surface area contributed by atoms with Gasteiger partial charge in [0.2, 0.25) is 11.8 Å². The minimum atomic E-state index is -0.190. The number of ether oxygens (including phenoxy) is 1. The van der Waals surface area contributed by atoms with Crippen molar-refractivity contribution in [1.82, 2.24) is 9.80 Å². The van der Waals surface area contributed by atoms with Gasteiger partial charge in [0, 0.05) is 26.2 Å². The maximum absolute atomic E-state index is 11.8. The van der Waals surface area contributed by atoms with Crippen molar-refractivity contribution in [2.45, 2.75) is 20.0 Å². The number of rotatable bonds is 6. The molecule has 0 aromatic heterocycles. The molecule has 98 valence electrons. The molecule has 1 aliphatic heterocycles. The smallest absolute Gasteiger partial charge is 0.242 e. The molecule has 0 radical (unpaired) electrons. The fourth-order valence-electron chi connectivity index (χ4n) is 1.83. The molecule has 1 atom stereocenters. The van der Waals surface area contributed by atoms with Crippen LogP contribution in [-0.4, -0.2) is 67.0 Å². The molecule has 1 heterocycles. The third-order valence-corrected chi connectivity index (χ3v) is 2.83. The average Bonchev–Trinajstić information content (AvgIpc) is 2.32. The lowest BCUT2D eigenvalue weighted by atomic mass is 10.2. The van der Waals surface area contributed by atoms with Crippen molar-refractivity contribution in [1.29, 1.82) is 0 Å². The molecular weight excluding hydrogens is 222 g/mol. The molecule has 1 fully saturated rings. The van der Waals surface area contributed by atoms with Crippen LogP contribution in [0.4, 0.5) is 0 Å². The molecule has 6 heteroatoms. The lowest BCUT2D eigenvalue weighted by molar-refractivity contribution is -0.151. The van der Waals surface area contributed by atoms with Crippen LogP contribution in [-0.2, 0) is 14.3 Å². The summed E-state index contributed by atoms with van der Waals surface area (Å²) in [5, 5.41) is 0. The molecule has 0 aliphatic carbocycles. The Balaban J connectivity index is 2.54. The number of nitrogens with two attached hydrogens (primary N) is 1. The Bertz CT molecular complexity index is 283. The lowest BCUT2D eigenvalue weighted by Gasteiger charge is -2.34. The first kappa shape index (κ1) is 13.9. The van der Waals surface area contributed by atoms with Crippen LogP contribution in [0.25, 0.3) is 0 Å². The van der Waals surface area contributed by atoms with Gasteiger partial charge >= 0.3 is 0 Å². The van der Waals surface area contributed by atoms with Gasteiger partial charge in [0.05, 0.1) is 19.2 Å². The van der Waals surface area contributed by atoms with Crippen LogP contribution in [0, 0.1) is 0 Å². The van der Waals surface area contributed by atoms with Crippen LogP contribution in [0.2, 0.25) is 0 Å². The van der Waals surface area contributed by atoms with Crippen LogP contribution in [0.5, 0.6) is 0 Å². The number of likely N-dealkylation sites (N-methyl/N-ethyl adjacent to an activating group) is 1. The first-order valence-corrected chi connectivity index (χ1v) is 5.99. The molecule has 6 nitrogen and oxygen atoms in total. The van der Waals surface area contributed by atoms with Gasteiger partial charge in [0.1, 0.15) is 0 Å². The molecule has 17 heavy (non-hydrogen) atoms. The van der Waals surface area contributed by atoms with Gasteiger partial charge in [-0.15, -0.1) is 0 Å². The van der Waals surface area contributed by atoms with Gasteiger partial charge in [-0.3, -0.25) is 9.59 Å². The van der Waals surface area contributed by atoms with E-state index in [0.29, 0.717) is 26.2 Å². The largest absolute Gasteiger partial charge is 0.375 e. The zero-order valence-corrected chi connectivity index (χ0v) is 10.5. The predicted octanol–water partition coefficient (Wildman–Crippen LogP) is -0.959. The van der Waals surface area contributed by atoms with Crippen LogP contribution in [0.1, 0.15) is 13.8 Å². The summed E-state index contributed by atoms with van der Waals surface area (Å²) in [6.45, 7) is 5.92. The highest BCUT2D eigenvalue weighted by Crippen LogP contribution is 2.06. The van der Waals surface area contributed by atoms with Crippen molar-refractivity contribution in [3.63, 3.8) is 0 Å². The fourth-order valence-corrected chi connectivity index (χ4v) is 1.83. The number of nitrogens with zero attached hydrogens (tertiary/aromatic N) is 2. The predicted molar refractivity (Wildman–Crippen MR) is 63.3 cm³/mol. The van der Waals surface area contributed by atoms with Crippen molar-refractivity contribution in [2.75, 3.05) is 39.3 Å². The van der Waals surface area contributed by atoms with Crippen LogP contribution >= 0.6 is 0 Å². The normalized spacial score (nSPS) is 18.8. The summed E-state index contributed by atoms with van der Waals surface area (Å²) < 4.78 is 5.39. The van der Waals surface area contributed by atoms with Crippen molar-refractivity contribution >= 4 is 11.8 Å². The highest BCUT2D eigenvalue weighted by atomic mass is 16.5. The first-order chi connectivity index (χ1) is 8.12. The molecule has 1 aliphatic rings. The topological polar surface area (TPSA) is 75.9 Å². The second kappa shape index (κ2) is 6.56. The van der Waals surface area contributed by atoms with Crippen molar-refractivity contribution in [3.8, 4) is 0 Å². The summed E-state index contributed by atoms with van der Waals surface area (Å²) in [6, 6.07) is 0. The maximum atomic E-state index is 11.8. The molecule has 0 spiro atoms. The number of piperazine rings is 1. The third kappa shape index (κ3) is 3.67. The average molecular weight is 243 g/mol. The summed E-state index contributed by atoms with van der Waals surface area (Å²) >= 11 is 0. The molecular formula is C11H21N3O3. The maximum Gasteiger partial charge on any atom is 0.242 e. The molecule has 0 aromatic carbocycles. The molecule has 0 saturated carbocycles. The van der Waals surface area contributed by atoms with E-state index >= 15 is 0 Å². The van der Waals surface area contributed by atoms with E-state index in [9.17, 15) is 9.59 Å². The number of amides is 2. The van der Waals surface area contributed by atoms with Crippen LogP contribution in [0.15, 0.2) is 0 Å². The zero-order valence-electron chi connectivity index (χ0n) is 10.5. The summed E-state index contributed by atoms with van der Waals surface area (Å²) in [5.41, 5.74) is 5.55. The van der Waals surface area contributed by atoms with E-state index in [1.807, 2.05) is 13.8 Å². The Morgan fingerprint density at radius 1 is 1.24 bits per heavy atom. The minimum Gasteiger partial charge on any atom is -0.375 e. The summed E-state index contributed by atoms with van der Waals surface area (Å²) in [7, 11) is 0. The molecule has 1 saturated heterocycles. The molecule has 1 unspecified atom stereocenters. The number of carbonyl (C=O) groups is 2. The fraction of sp³-hybridized carbons (Fsp3) is 0.818. The zero-order chi connectivity index (χ0) is 12.8. The van der Waals surface area contributed by atoms with Crippen molar-refractivity contribution < 1.29 is 14.3 Å². The van der Waals surface area contributed by atoms with Gasteiger partial charge in [0.25, 0.3) is 0 Å². The Morgan fingerprint density at radius 2 is 1.82 bits per heavy atom. The van der Waals surface area contributed by atoms with E-state index in [1.54, 1.807) is 4.90 Å². The van der Waals surface area contributed by atoms with E-state index < -0.39 is 0 Å². The standard InChI is InChI=1S/C11H21N3O3/c1-3-13-7-11(16)14(8-10(13)15)6-9(5-12)17-4-2/h9H,3-8,12H2,1-2H3. The van der Waals surface area contributed by atoms with Crippen molar-refractivity contribution in [3.05, 3.63) is 0 Å². The Morgan fingerprint density at radius 3 is 2.35 bits per heavy atom. The Kier molecular flexibility index (Phi) is 5.37. The van der Waals surface area contributed by atoms with E-state index in [0.717, 1.165) is 0 Å². The van der Waals surface area contributed by atoms with E-state index in [2.05, 4.69) is 0 Å². The molecule has 1 rings (SSSR count). The first-order valence-electron chi connectivity index (χ1n) is 5.99.